The Bertz CT molecular complexity index is 2050. The fourth-order valence-corrected chi connectivity index (χ4v) is 8.72. The lowest BCUT2D eigenvalue weighted by atomic mass is 9.76. The molecule has 0 aromatic heterocycles. The summed E-state index contributed by atoms with van der Waals surface area (Å²) in [6.45, 7) is 9.59. The molecule has 1 atom stereocenters. The number of ether oxygens (including phenoxy) is 2. The Morgan fingerprint density at radius 2 is 1.27 bits per heavy atom. The second kappa shape index (κ2) is 11.4. The molecule has 5 aromatic rings. The van der Waals surface area contributed by atoms with Crippen molar-refractivity contribution in [3.63, 3.8) is 0 Å². The normalized spacial score (nSPS) is 20.9. The van der Waals surface area contributed by atoms with E-state index in [1.807, 2.05) is 12.1 Å². The number of hydrogen-bond donors (Lipinski definition) is 0. The van der Waals surface area contributed by atoms with Crippen molar-refractivity contribution in [2.24, 2.45) is 0 Å². The molecule has 0 saturated carbocycles. The molecular weight excluding hydrogens is 614 g/mol. The van der Waals surface area contributed by atoms with Crippen LogP contribution >= 0.6 is 0 Å². The molecule has 0 N–H and O–H groups in total. The number of piperidine rings is 1. The fourth-order valence-electron chi connectivity index (χ4n) is 8.72. The second-order valence-corrected chi connectivity index (χ2v) is 14.4. The lowest BCUT2D eigenvalue weighted by Crippen LogP contribution is -2.37. The smallest absolute Gasteiger partial charge is 0.178 e. The Kier molecular flexibility index (Phi) is 7.10. The average Bonchev–Trinajstić information content (AvgIpc) is 3.38. The molecule has 248 valence electrons. The third-order valence-corrected chi connectivity index (χ3v) is 11.2. The van der Waals surface area contributed by atoms with Crippen molar-refractivity contribution in [2.45, 2.75) is 44.1 Å². The molecule has 2 saturated heterocycles. The third-order valence-electron chi connectivity index (χ3n) is 11.2. The highest BCUT2D eigenvalue weighted by Gasteiger charge is 2.44. The van der Waals surface area contributed by atoms with Crippen molar-refractivity contribution in [2.75, 3.05) is 49.2 Å². The van der Waals surface area contributed by atoms with Gasteiger partial charge in [-0.3, -0.25) is 0 Å². The van der Waals surface area contributed by atoms with Crippen LogP contribution in [0.4, 0.5) is 20.2 Å². The Hall–Kier alpha value is -4.68. The summed E-state index contributed by atoms with van der Waals surface area (Å²) in [6, 6.07) is 27.5. The Labute approximate surface area is 286 Å². The molecule has 1 aliphatic carbocycles. The van der Waals surface area contributed by atoms with Gasteiger partial charge in [0.05, 0.1) is 13.2 Å². The maximum absolute atomic E-state index is 15.2. The van der Waals surface area contributed by atoms with Crippen LogP contribution in [0.1, 0.15) is 60.9 Å². The van der Waals surface area contributed by atoms with Crippen LogP contribution in [0.3, 0.4) is 0 Å². The van der Waals surface area contributed by atoms with E-state index >= 15 is 4.39 Å². The predicted molar refractivity (Wildman–Crippen MR) is 194 cm³/mol. The summed E-state index contributed by atoms with van der Waals surface area (Å²) < 4.78 is 42.9. The van der Waals surface area contributed by atoms with E-state index in [4.69, 9.17) is 9.47 Å². The first-order valence-electron chi connectivity index (χ1n) is 17.6. The average molecular weight is 655 g/mol. The van der Waals surface area contributed by atoms with E-state index in [9.17, 15) is 4.39 Å². The third kappa shape index (κ3) is 4.79. The zero-order chi connectivity index (χ0) is 33.3. The van der Waals surface area contributed by atoms with E-state index in [2.05, 4.69) is 84.3 Å². The first-order chi connectivity index (χ1) is 23.8. The van der Waals surface area contributed by atoms with Gasteiger partial charge in [0.15, 0.2) is 5.60 Å². The molecular formula is C43H40F2N2O2. The maximum atomic E-state index is 15.2. The monoisotopic (exact) mass is 654 g/mol. The van der Waals surface area contributed by atoms with Crippen molar-refractivity contribution >= 4 is 28.2 Å². The summed E-state index contributed by atoms with van der Waals surface area (Å²) in [5.74, 6) is 0.0633. The maximum Gasteiger partial charge on any atom is 0.178 e. The minimum Gasteiger partial charge on any atom is -0.472 e. The van der Waals surface area contributed by atoms with Crippen LogP contribution < -0.4 is 14.5 Å². The number of hydrogen-bond acceptors (Lipinski definition) is 4. The minimum absolute atomic E-state index is 0.261. The van der Waals surface area contributed by atoms with E-state index in [1.165, 1.54) is 37.1 Å². The van der Waals surface area contributed by atoms with Crippen LogP contribution in [0, 0.1) is 11.6 Å². The molecule has 3 aliphatic heterocycles. The quantitative estimate of drug-likeness (QED) is 0.193. The van der Waals surface area contributed by atoms with Crippen molar-refractivity contribution in [3.8, 4) is 16.9 Å². The van der Waals surface area contributed by atoms with Gasteiger partial charge in [0.2, 0.25) is 0 Å². The summed E-state index contributed by atoms with van der Waals surface area (Å²) in [5, 5.41) is 1.62. The first-order valence-corrected chi connectivity index (χ1v) is 17.6. The molecule has 49 heavy (non-hydrogen) atoms. The van der Waals surface area contributed by atoms with Gasteiger partial charge >= 0.3 is 0 Å². The largest absolute Gasteiger partial charge is 0.472 e. The molecule has 0 bridgehead atoms. The lowest BCUT2D eigenvalue weighted by molar-refractivity contribution is 0.122. The number of benzene rings is 5. The van der Waals surface area contributed by atoms with Crippen molar-refractivity contribution in [1.29, 1.82) is 0 Å². The second-order valence-electron chi connectivity index (χ2n) is 14.4. The number of anilines is 2. The van der Waals surface area contributed by atoms with Gasteiger partial charge in [0, 0.05) is 65.0 Å². The number of nitrogens with zero attached hydrogens (tertiary/aromatic N) is 2. The van der Waals surface area contributed by atoms with Crippen molar-refractivity contribution in [1.82, 2.24) is 0 Å². The molecule has 6 heteroatoms. The van der Waals surface area contributed by atoms with Crippen LogP contribution in [-0.2, 0) is 15.8 Å². The molecule has 3 heterocycles. The summed E-state index contributed by atoms with van der Waals surface area (Å²) in [5.41, 5.74) is 7.84. The van der Waals surface area contributed by atoms with Gasteiger partial charge in [-0.2, -0.15) is 0 Å². The molecule has 5 aromatic carbocycles. The first kappa shape index (κ1) is 30.4. The lowest BCUT2D eigenvalue weighted by Gasteiger charge is -2.39. The molecule has 0 amide bonds. The molecule has 1 unspecified atom stereocenters. The van der Waals surface area contributed by atoms with E-state index < -0.39 is 11.0 Å². The summed E-state index contributed by atoms with van der Waals surface area (Å²) in [7, 11) is 0. The van der Waals surface area contributed by atoms with Crippen LogP contribution in [0.5, 0.6) is 5.75 Å². The van der Waals surface area contributed by atoms with Gasteiger partial charge < -0.3 is 19.3 Å². The van der Waals surface area contributed by atoms with E-state index in [1.54, 1.807) is 12.1 Å². The fraction of sp³-hybridized carbons (Fsp3) is 0.302. The topological polar surface area (TPSA) is 24.9 Å². The van der Waals surface area contributed by atoms with E-state index in [-0.39, 0.29) is 11.6 Å². The van der Waals surface area contributed by atoms with Gasteiger partial charge in [-0.1, -0.05) is 56.3 Å². The summed E-state index contributed by atoms with van der Waals surface area (Å²) >= 11 is 0. The highest BCUT2D eigenvalue weighted by molar-refractivity contribution is 6.08. The Balaban J connectivity index is 1.24. The van der Waals surface area contributed by atoms with E-state index in [0.717, 1.165) is 89.4 Å². The van der Waals surface area contributed by atoms with Crippen LogP contribution in [-0.4, -0.2) is 39.4 Å². The van der Waals surface area contributed by atoms with Gasteiger partial charge in [-0.15, -0.1) is 0 Å². The van der Waals surface area contributed by atoms with Gasteiger partial charge in [-0.25, -0.2) is 8.78 Å². The number of fused-ring (bicyclic) bond motifs is 8. The molecule has 4 nitrogen and oxygen atoms in total. The van der Waals surface area contributed by atoms with Crippen LogP contribution in [0.15, 0.2) is 91.0 Å². The summed E-state index contributed by atoms with van der Waals surface area (Å²) in [6.07, 6.45) is 8.04. The standard InChI is InChI=1S/C43H40F2N2O2/c1-42(2)38-27-31(45)11-17-35(38)39-34-16-10-30(44)26-37(34)41-36(40(39)42)18-19-43(49-41,28-6-12-32(13-7-28)46-20-4-3-5-21-46)29-8-14-33(15-9-29)47-22-24-48-25-23-47/h6-19,26-27H,3-5,20-25H2,1-2H3. The van der Waals surface area contributed by atoms with Crippen molar-refractivity contribution < 1.29 is 18.3 Å². The van der Waals surface area contributed by atoms with Crippen LogP contribution in [0.2, 0.25) is 0 Å². The number of halogens is 2. The zero-order valence-corrected chi connectivity index (χ0v) is 28.1. The molecule has 4 aliphatic rings. The Morgan fingerprint density at radius 1 is 0.653 bits per heavy atom. The van der Waals surface area contributed by atoms with Gasteiger partial charge in [-0.05, 0) is 102 Å². The molecule has 0 radical (unpaired) electrons. The Morgan fingerprint density at radius 3 is 1.94 bits per heavy atom. The van der Waals surface area contributed by atoms with Gasteiger partial charge in [0.25, 0.3) is 0 Å². The predicted octanol–water partition coefficient (Wildman–Crippen LogP) is 9.60. The summed E-state index contributed by atoms with van der Waals surface area (Å²) in [4.78, 5) is 4.81. The number of morpholine rings is 1. The molecule has 0 spiro atoms. The van der Waals surface area contributed by atoms with Crippen molar-refractivity contribution in [3.05, 3.63) is 130 Å². The highest BCUT2D eigenvalue weighted by atomic mass is 19.1. The van der Waals surface area contributed by atoms with Crippen LogP contribution in [0.25, 0.3) is 28.0 Å². The zero-order valence-electron chi connectivity index (χ0n) is 28.1. The molecule has 2 fully saturated rings. The molecule has 9 rings (SSSR count). The number of rotatable bonds is 4. The highest BCUT2D eigenvalue weighted by Crippen LogP contribution is 2.58. The SMILES string of the molecule is CC1(C)c2cc(F)ccc2-c2c1c1c(c3cc(F)ccc23)OC(c2ccc(N3CCCCC3)cc2)(c2ccc(N3CCOCC3)cc2)C=C1. The van der Waals surface area contributed by atoms with E-state index in [0.29, 0.717) is 11.1 Å². The minimum atomic E-state index is -0.966. The van der Waals surface area contributed by atoms with Gasteiger partial charge in [0.1, 0.15) is 17.4 Å².